The fourth-order valence-corrected chi connectivity index (χ4v) is 3.94. The molecule has 3 rings (SSSR count). The molecule has 0 bridgehead atoms. The monoisotopic (exact) mass is 365 g/mol. The Morgan fingerprint density at radius 2 is 2.00 bits per heavy atom. The van der Waals surface area contributed by atoms with Crippen molar-refractivity contribution in [3.63, 3.8) is 0 Å². The summed E-state index contributed by atoms with van der Waals surface area (Å²) < 4.78 is 5.42. The molecule has 0 N–H and O–H groups in total. The van der Waals surface area contributed by atoms with Crippen molar-refractivity contribution in [2.45, 2.75) is 45.4 Å². The highest BCUT2D eigenvalue weighted by Crippen LogP contribution is 2.34. The Hall–Kier alpha value is -1.32. The van der Waals surface area contributed by atoms with E-state index >= 15 is 0 Å². The Balaban J connectivity index is 1.72. The highest BCUT2D eigenvalue weighted by molar-refractivity contribution is 6.35. The third-order valence-corrected chi connectivity index (χ3v) is 5.35. The standard InChI is InChI=1S/C19H21Cl2NO2/c1-2-3-12-4-6-13(7-5-12)18-22-17(19(23)24-18)10-14-8-9-15(20)11-16(14)21/h8-13H,2-7H2,1H3/b17-10-. The van der Waals surface area contributed by atoms with Gasteiger partial charge in [-0.1, -0.05) is 49.0 Å². The zero-order chi connectivity index (χ0) is 17.1. The van der Waals surface area contributed by atoms with E-state index in [9.17, 15) is 4.79 Å². The summed E-state index contributed by atoms with van der Waals surface area (Å²) >= 11 is 12.1. The molecule has 0 spiro atoms. The molecule has 0 radical (unpaired) electrons. The minimum absolute atomic E-state index is 0.258. The number of hydrogen-bond donors (Lipinski definition) is 0. The van der Waals surface area contributed by atoms with E-state index in [2.05, 4.69) is 11.9 Å². The highest BCUT2D eigenvalue weighted by atomic mass is 35.5. The molecule has 1 aromatic carbocycles. The van der Waals surface area contributed by atoms with Crippen LogP contribution in [0, 0.1) is 11.8 Å². The molecule has 0 unspecified atom stereocenters. The molecule has 2 aliphatic rings. The van der Waals surface area contributed by atoms with Crippen molar-refractivity contribution in [1.82, 2.24) is 0 Å². The second-order valence-electron chi connectivity index (χ2n) is 6.54. The van der Waals surface area contributed by atoms with E-state index in [0.29, 0.717) is 27.2 Å². The number of halogens is 2. The largest absolute Gasteiger partial charge is 0.406 e. The van der Waals surface area contributed by atoms with E-state index in [1.54, 1.807) is 24.3 Å². The summed E-state index contributed by atoms with van der Waals surface area (Å²) in [6.07, 6.45) is 8.67. The Morgan fingerprint density at radius 3 is 2.67 bits per heavy atom. The van der Waals surface area contributed by atoms with Crippen LogP contribution in [-0.2, 0) is 9.53 Å². The van der Waals surface area contributed by atoms with Crippen LogP contribution in [0.3, 0.4) is 0 Å². The summed E-state index contributed by atoms with van der Waals surface area (Å²) in [5.74, 6) is 1.25. The predicted octanol–water partition coefficient (Wildman–Crippen LogP) is 5.90. The number of rotatable bonds is 4. The number of nitrogens with zero attached hydrogens (tertiary/aromatic N) is 1. The molecular weight excluding hydrogens is 345 g/mol. The Bertz CT molecular complexity index is 689. The zero-order valence-corrected chi connectivity index (χ0v) is 15.2. The quantitative estimate of drug-likeness (QED) is 0.492. The van der Waals surface area contributed by atoms with Crippen molar-refractivity contribution in [2.75, 3.05) is 0 Å². The fourth-order valence-electron chi connectivity index (χ4n) is 3.47. The van der Waals surface area contributed by atoms with Crippen LogP contribution in [0.5, 0.6) is 0 Å². The number of hydrogen-bond acceptors (Lipinski definition) is 3. The first kappa shape index (κ1) is 17.5. The lowest BCUT2D eigenvalue weighted by Gasteiger charge is -2.27. The topological polar surface area (TPSA) is 38.7 Å². The molecule has 1 saturated carbocycles. The van der Waals surface area contributed by atoms with Crippen molar-refractivity contribution >= 4 is 41.1 Å². The van der Waals surface area contributed by atoms with Gasteiger partial charge in [0.15, 0.2) is 5.70 Å². The number of ether oxygens (including phenoxy) is 1. The molecule has 0 atom stereocenters. The molecule has 0 aromatic heterocycles. The van der Waals surface area contributed by atoms with Gasteiger partial charge in [0.2, 0.25) is 5.90 Å². The van der Waals surface area contributed by atoms with Crippen molar-refractivity contribution in [1.29, 1.82) is 0 Å². The van der Waals surface area contributed by atoms with Gasteiger partial charge in [0.25, 0.3) is 0 Å². The van der Waals surface area contributed by atoms with Crippen molar-refractivity contribution < 1.29 is 9.53 Å². The van der Waals surface area contributed by atoms with Crippen molar-refractivity contribution in [3.8, 4) is 0 Å². The molecule has 5 heteroatoms. The predicted molar refractivity (Wildman–Crippen MR) is 98.3 cm³/mol. The van der Waals surface area contributed by atoms with Crippen LogP contribution in [0.1, 0.15) is 51.0 Å². The summed E-state index contributed by atoms with van der Waals surface area (Å²) in [7, 11) is 0. The van der Waals surface area contributed by atoms with E-state index in [1.165, 1.54) is 25.7 Å². The molecule has 1 aliphatic heterocycles. The summed E-state index contributed by atoms with van der Waals surface area (Å²) in [5.41, 5.74) is 1.02. The number of benzene rings is 1. The fraction of sp³-hybridized carbons (Fsp3) is 0.474. The molecular formula is C19H21Cl2NO2. The van der Waals surface area contributed by atoms with E-state index in [-0.39, 0.29) is 5.92 Å². The molecule has 128 valence electrons. The third-order valence-electron chi connectivity index (χ3n) is 4.78. The summed E-state index contributed by atoms with van der Waals surface area (Å²) in [5, 5.41) is 1.05. The summed E-state index contributed by atoms with van der Waals surface area (Å²) in [6.45, 7) is 2.23. The van der Waals surface area contributed by atoms with Crippen LogP contribution in [0.25, 0.3) is 6.08 Å². The van der Waals surface area contributed by atoms with Gasteiger partial charge in [-0.25, -0.2) is 9.79 Å². The molecule has 0 amide bonds. The van der Waals surface area contributed by atoms with E-state index < -0.39 is 5.97 Å². The summed E-state index contributed by atoms with van der Waals surface area (Å²) in [4.78, 5) is 16.5. The first-order valence-electron chi connectivity index (χ1n) is 8.54. The lowest BCUT2D eigenvalue weighted by molar-refractivity contribution is -0.130. The van der Waals surface area contributed by atoms with Gasteiger partial charge in [-0.2, -0.15) is 0 Å². The first-order valence-corrected chi connectivity index (χ1v) is 9.30. The molecule has 0 saturated heterocycles. The molecule has 1 fully saturated rings. The van der Waals surface area contributed by atoms with Crippen molar-refractivity contribution in [3.05, 3.63) is 39.5 Å². The molecule has 3 nitrogen and oxygen atoms in total. The average molecular weight is 366 g/mol. The maximum absolute atomic E-state index is 12.1. The lowest BCUT2D eigenvalue weighted by Crippen LogP contribution is -2.22. The van der Waals surface area contributed by atoms with Crippen LogP contribution in [-0.4, -0.2) is 11.9 Å². The van der Waals surface area contributed by atoms with Gasteiger partial charge in [-0.05, 0) is 55.4 Å². The summed E-state index contributed by atoms with van der Waals surface area (Å²) in [6, 6.07) is 5.16. The highest BCUT2D eigenvalue weighted by Gasteiger charge is 2.32. The first-order chi connectivity index (χ1) is 11.6. The Morgan fingerprint density at radius 1 is 1.25 bits per heavy atom. The number of aliphatic imine (C=N–C) groups is 1. The molecule has 1 heterocycles. The van der Waals surface area contributed by atoms with Crippen LogP contribution in [0.4, 0.5) is 0 Å². The molecule has 24 heavy (non-hydrogen) atoms. The Kier molecular flexibility index (Phi) is 5.62. The number of carbonyl (C=O) groups is 1. The van der Waals surface area contributed by atoms with Gasteiger partial charge in [-0.3, -0.25) is 0 Å². The van der Waals surface area contributed by atoms with Crippen LogP contribution < -0.4 is 0 Å². The number of esters is 1. The van der Waals surface area contributed by atoms with Crippen LogP contribution in [0.2, 0.25) is 10.0 Å². The van der Waals surface area contributed by atoms with Gasteiger partial charge in [0, 0.05) is 16.0 Å². The van der Waals surface area contributed by atoms with Gasteiger partial charge in [-0.15, -0.1) is 0 Å². The minimum atomic E-state index is -0.397. The molecule has 1 aromatic rings. The van der Waals surface area contributed by atoms with Crippen LogP contribution >= 0.6 is 23.2 Å². The maximum atomic E-state index is 12.1. The zero-order valence-electron chi connectivity index (χ0n) is 13.7. The van der Waals surface area contributed by atoms with Gasteiger partial charge in [0.05, 0.1) is 0 Å². The SMILES string of the molecule is CCCC1CCC(C2=N/C(=C\c3ccc(Cl)cc3Cl)C(=O)O2)CC1. The van der Waals surface area contributed by atoms with Crippen molar-refractivity contribution in [2.24, 2.45) is 16.8 Å². The maximum Gasteiger partial charge on any atom is 0.363 e. The third kappa shape index (κ3) is 4.01. The second-order valence-corrected chi connectivity index (χ2v) is 7.38. The minimum Gasteiger partial charge on any atom is -0.406 e. The normalized spacial score (nSPS) is 25.7. The van der Waals surface area contributed by atoms with Gasteiger partial charge in [0.1, 0.15) is 0 Å². The van der Waals surface area contributed by atoms with E-state index in [4.69, 9.17) is 27.9 Å². The molecule has 1 aliphatic carbocycles. The number of cyclic esters (lactones) is 1. The van der Waals surface area contributed by atoms with Gasteiger partial charge < -0.3 is 4.74 Å². The average Bonchev–Trinajstić information content (AvgIpc) is 2.92. The van der Waals surface area contributed by atoms with E-state index in [0.717, 1.165) is 18.8 Å². The number of carbonyl (C=O) groups excluding carboxylic acids is 1. The smallest absolute Gasteiger partial charge is 0.363 e. The second kappa shape index (κ2) is 7.71. The lowest BCUT2D eigenvalue weighted by atomic mass is 9.80. The van der Waals surface area contributed by atoms with E-state index in [1.807, 2.05) is 0 Å². The Labute approximate surface area is 152 Å². The van der Waals surface area contributed by atoms with Crippen LogP contribution in [0.15, 0.2) is 28.9 Å². The van der Waals surface area contributed by atoms with Gasteiger partial charge >= 0.3 is 5.97 Å².